The van der Waals surface area contributed by atoms with Crippen molar-refractivity contribution in [3.8, 4) is 5.75 Å². The van der Waals surface area contributed by atoms with Gasteiger partial charge in [-0.1, -0.05) is 25.1 Å². The zero-order valence-corrected chi connectivity index (χ0v) is 9.08. The van der Waals surface area contributed by atoms with Crippen molar-refractivity contribution in [2.75, 3.05) is 6.61 Å². The van der Waals surface area contributed by atoms with Crippen LogP contribution in [-0.2, 0) is 0 Å². The molecule has 1 nitrogen and oxygen atoms in total. The molecule has 0 spiro atoms. The third kappa shape index (κ3) is 3.23. The summed E-state index contributed by atoms with van der Waals surface area (Å²) < 4.78 is 5.50. The number of benzene rings is 1. The highest BCUT2D eigenvalue weighted by atomic mass is 28.1. The van der Waals surface area contributed by atoms with E-state index in [4.69, 9.17) is 4.74 Å². The van der Waals surface area contributed by atoms with Gasteiger partial charge in [-0.25, -0.2) is 0 Å². The second-order valence-electron chi connectivity index (χ2n) is 3.02. The highest BCUT2D eigenvalue weighted by Crippen LogP contribution is 2.09. The SMILES string of the molecule is CC([SiH3])COc1ccccc1. The van der Waals surface area contributed by atoms with Gasteiger partial charge < -0.3 is 4.74 Å². The summed E-state index contributed by atoms with van der Waals surface area (Å²) in [6.07, 6.45) is 0. The minimum Gasteiger partial charge on any atom is -0.494 e. The molecule has 0 aliphatic rings. The summed E-state index contributed by atoms with van der Waals surface area (Å²) in [6, 6.07) is 9.96. The van der Waals surface area contributed by atoms with E-state index >= 15 is 0 Å². The van der Waals surface area contributed by atoms with E-state index in [0.29, 0.717) is 0 Å². The highest BCUT2D eigenvalue weighted by molar-refractivity contribution is 6.11. The Balaban J connectivity index is 2.39. The van der Waals surface area contributed by atoms with E-state index in [1.807, 2.05) is 30.3 Å². The maximum absolute atomic E-state index is 5.50. The monoisotopic (exact) mass is 166 g/mol. The van der Waals surface area contributed by atoms with Gasteiger partial charge in [-0.05, 0) is 17.7 Å². The number of para-hydroxylation sites is 1. The van der Waals surface area contributed by atoms with Gasteiger partial charge in [-0.3, -0.25) is 0 Å². The second-order valence-corrected chi connectivity index (χ2v) is 4.99. The summed E-state index contributed by atoms with van der Waals surface area (Å²) in [7, 11) is 1.20. The van der Waals surface area contributed by atoms with Gasteiger partial charge in [0.2, 0.25) is 0 Å². The van der Waals surface area contributed by atoms with Crippen molar-refractivity contribution >= 4 is 10.2 Å². The van der Waals surface area contributed by atoms with E-state index in [0.717, 1.165) is 17.9 Å². The van der Waals surface area contributed by atoms with E-state index in [1.54, 1.807) is 0 Å². The van der Waals surface area contributed by atoms with Crippen LogP contribution in [0.1, 0.15) is 6.92 Å². The Morgan fingerprint density at radius 1 is 1.36 bits per heavy atom. The lowest BCUT2D eigenvalue weighted by atomic mass is 10.3. The van der Waals surface area contributed by atoms with Crippen LogP contribution in [0.15, 0.2) is 30.3 Å². The van der Waals surface area contributed by atoms with Crippen LogP contribution < -0.4 is 4.74 Å². The van der Waals surface area contributed by atoms with Crippen molar-refractivity contribution in [1.82, 2.24) is 0 Å². The Morgan fingerprint density at radius 3 is 2.55 bits per heavy atom. The Labute approximate surface area is 70.8 Å². The smallest absolute Gasteiger partial charge is 0.119 e. The Morgan fingerprint density at radius 2 is 2.00 bits per heavy atom. The minimum absolute atomic E-state index is 0.732. The van der Waals surface area contributed by atoms with Gasteiger partial charge in [0.25, 0.3) is 0 Å². The van der Waals surface area contributed by atoms with E-state index in [1.165, 1.54) is 10.2 Å². The van der Waals surface area contributed by atoms with E-state index in [-0.39, 0.29) is 0 Å². The molecule has 0 saturated carbocycles. The molecule has 0 fully saturated rings. The molecular weight excluding hydrogens is 152 g/mol. The maximum atomic E-state index is 5.50. The third-order valence-corrected chi connectivity index (χ3v) is 1.66. The number of ether oxygens (including phenoxy) is 1. The van der Waals surface area contributed by atoms with Crippen LogP contribution in [-0.4, -0.2) is 16.8 Å². The summed E-state index contributed by atoms with van der Waals surface area (Å²) in [6.45, 7) is 3.06. The molecule has 0 bridgehead atoms. The van der Waals surface area contributed by atoms with E-state index in [9.17, 15) is 0 Å². The molecule has 1 rings (SSSR count). The molecular formula is C9H14OSi. The summed E-state index contributed by atoms with van der Waals surface area (Å²) in [5.74, 6) is 0.982. The molecule has 1 aromatic carbocycles. The van der Waals surface area contributed by atoms with Crippen molar-refractivity contribution < 1.29 is 4.74 Å². The molecule has 0 N–H and O–H groups in total. The third-order valence-electron chi connectivity index (χ3n) is 1.33. The van der Waals surface area contributed by atoms with E-state index in [2.05, 4.69) is 6.92 Å². The Hall–Kier alpha value is -0.763. The van der Waals surface area contributed by atoms with Crippen LogP contribution in [0.3, 0.4) is 0 Å². The topological polar surface area (TPSA) is 9.23 Å². The number of hydrogen-bond donors (Lipinski definition) is 0. The van der Waals surface area contributed by atoms with Gasteiger partial charge in [-0.15, -0.1) is 0 Å². The summed E-state index contributed by atoms with van der Waals surface area (Å²) in [5.41, 5.74) is 0.732. The predicted octanol–water partition coefficient (Wildman–Crippen LogP) is 1.24. The number of hydrogen-bond acceptors (Lipinski definition) is 1. The van der Waals surface area contributed by atoms with Crippen LogP contribution in [0.25, 0.3) is 0 Å². The van der Waals surface area contributed by atoms with Crippen molar-refractivity contribution in [2.24, 2.45) is 0 Å². The highest BCUT2D eigenvalue weighted by Gasteiger charge is 1.94. The zero-order chi connectivity index (χ0) is 8.10. The largest absolute Gasteiger partial charge is 0.494 e. The first-order valence-corrected chi connectivity index (χ1v) is 5.12. The molecule has 0 radical (unpaired) electrons. The summed E-state index contributed by atoms with van der Waals surface area (Å²) >= 11 is 0. The quantitative estimate of drug-likeness (QED) is 0.614. The molecule has 11 heavy (non-hydrogen) atoms. The Bertz CT molecular complexity index is 196. The second kappa shape index (κ2) is 4.19. The normalized spacial score (nSPS) is 12.8. The van der Waals surface area contributed by atoms with Crippen molar-refractivity contribution in [1.29, 1.82) is 0 Å². The van der Waals surface area contributed by atoms with Crippen LogP contribution in [0.4, 0.5) is 0 Å². The first-order valence-electron chi connectivity index (χ1n) is 3.97. The predicted molar refractivity (Wildman–Crippen MR) is 51.3 cm³/mol. The molecule has 0 heterocycles. The molecule has 0 saturated heterocycles. The molecule has 0 amide bonds. The van der Waals surface area contributed by atoms with Gasteiger partial charge in [0.15, 0.2) is 0 Å². The lowest BCUT2D eigenvalue weighted by Gasteiger charge is -2.07. The zero-order valence-electron chi connectivity index (χ0n) is 7.08. The van der Waals surface area contributed by atoms with Gasteiger partial charge >= 0.3 is 0 Å². The van der Waals surface area contributed by atoms with Gasteiger partial charge in [0.05, 0.1) is 6.61 Å². The van der Waals surface area contributed by atoms with E-state index < -0.39 is 0 Å². The first-order chi connectivity index (χ1) is 5.29. The molecule has 0 aromatic heterocycles. The van der Waals surface area contributed by atoms with Crippen molar-refractivity contribution in [3.05, 3.63) is 30.3 Å². The van der Waals surface area contributed by atoms with Crippen LogP contribution in [0.5, 0.6) is 5.75 Å². The van der Waals surface area contributed by atoms with Gasteiger partial charge in [0.1, 0.15) is 5.75 Å². The van der Waals surface area contributed by atoms with Crippen molar-refractivity contribution in [3.63, 3.8) is 0 Å². The van der Waals surface area contributed by atoms with Crippen LogP contribution in [0, 0.1) is 0 Å². The van der Waals surface area contributed by atoms with Gasteiger partial charge in [-0.2, -0.15) is 0 Å². The molecule has 60 valence electrons. The van der Waals surface area contributed by atoms with Gasteiger partial charge in [0, 0.05) is 10.2 Å². The average Bonchev–Trinajstić information content (AvgIpc) is 2.03. The molecule has 1 aromatic rings. The summed E-state index contributed by atoms with van der Waals surface area (Å²) in [4.78, 5) is 0. The molecule has 1 unspecified atom stereocenters. The number of rotatable bonds is 3. The lowest BCUT2D eigenvalue weighted by Crippen LogP contribution is -2.02. The van der Waals surface area contributed by atoms with Crippen LogP contribution >= 0.6 is 0 Å². The van der Waals surface area contributed by atoms with Crippen LogP contribution in [0.2, 0.25) is 5.54 Å². The Kier molecular flexibility index (Phi) is 3.17. The fourth-order valence-corrected chi connectivity index (χ4v) is 0.946. The molecule has 2 heteroatoms. The molecule has 0 aliphatic carbocycles. The maximum Gasteiger partial charge on any atom is 0.119 e. The molecule has 0 aliphatic heterocycles. The minimum atomic E-state index is 0.732. The lowest BCUT2D eigenvalue weighted by molar-refractivity contribution is 0.318. The standard InChI is InChI=1S/C9H14OSi/c1-8(11)7-10-9-5-3-2-4-6-9/h2-6,8H,7H2,1,11H3. The molecule has 1 atom stereocenters. The fraction of sp³-hybridized carbons (Fsp3) is 0.333. The summed E-state index contributed by atoms with van der Waals surface area (Å²) in [5, 5.41) is 0. The fourth-order valence-electron chi connectivity index (χ4n) is 0.780. The van der Waals surface area contributed by atoms with Crippen molar-refractivity contribution in [2.45, 2.75) is 12.5 Å². The first kappa shape index (κ1) is 8.33. The average molecular weight is 166 g/mol.